The van der Waals surface area contributed by atoms with Crippen LogP contribution in [0.25, 0.3) is 0 Å². The molecule has 232 valence electrons. The number of nitrogens with zero attached hydrogens (tertiary/aromatic N) is 3. The van der Waals surface area contributed by atoms with Crippen molar-refractivity contribution in [3.63, 3.8) is 0 Å². The van der Waals surface area contributed by atoms with Crippen molar-refractivity contribution < 1.29 is 26.4 Å². The topological polar surface area (TPSA) is 145 Å². The number of anilines is 1. The van der Waals surface area contributed by atoms with E-state index in [1.165, 1.54) is 24.3 Å². The molecule has 5 rings (SSSR count). The summed E-state index contributed by atoms with van der Waals surface area (Å²) in [6, 6.07) is 29.6. The highest BCUT2D eigenvalue weighted by Gasteiger charge is 2.43. The molecule has 2 N–H and O–H groups in total. The van der Waals surface area contributed by atoms with E-state index in [9.17, 15) is 26.4 Å². The molecule has 1 fully saturated rings. The summed E-state index contributed by atoms with van der Waals surface area (Å²) in [6.45, 7) is 0.881. The van der Waals surface area contributed by atoms with Gasteiger partial charge < -0.3 is 5.32 Å². The van der Waals surface area contributed by atoms with E-state index in [2.05, 4.69) is 15.8 Å². The summed E-state index contributed by atoms with van der Waals surface area (Å²) in [5.74, 6) is -1.04. The Morgan fingerprint density at radius 1 is 0.689 bits per heavy atom. The van der Waals surface area contributed by atoms with E-state index < -0.39 is 38.5 Å². The summed E-state index contributed by atoms with van der Waals surface area (Å²) in [5, 5.41) is 7.00. The van der Waals surface area contributed by atoms with Crippen molar-refractivity contribution in [3.8, 4) is 0 Å². The van der Waals surface area contributed by atoms with Crippen LogP contribution in [0.1, 0.15) is 22.8 Å². The van der Waals surface area contributed by atoms with Gasteiger partial charge in [0.2, 0.25) is 20.0 Å². The molecule has 1 heterocycles. The molecule has 1 atom stereocenters. The number of amides is 2. The van der Waals surface area contributed by atoms with E-state index in [-0.39, 0.29) is 28.8 Å². The van der Waals surface area contributed by atoms with Crippen LogP contribution in [0.3, 0.4) is 0 Å². The quantitative estimate of drug-likeness (QED) is 0.210. The number of benzene rings is 4. The maximum absolute atomic E-state index is 13.6. The highest BCUT2D eigenvalue weighted by Crippen LogP contribution is 2.25. The molecule has 0 radical (unpaired) electrons. The average molecular weight is 646 g/mol. The van der Waals surface area contributed by atoms with Crippen molar-refractivity contribution in [2.75, 3.05) is 25.0 Å². The van der Waals surface area contributed by atoms with Gasteiger partial charge in [0.15, 0.2) is 0 Å². The molecule has 0 unspecified atom stereocenters. The first-order valence-electron chi connectivity index (χ1n) is 14.0. The first-order valence-corrected chi connectivity index (χ1v) is 16.9. The van der Waals surface area contributed by atoms with E-state index in [0.717, 1.165) is 8.61 Å². The third-order valence-corrected chi connectivity index (χ3v) is 11.1. The lowest BCUT2D eigenvalue weighted by atomic mass is 10.1. The molecule has 0 aromatic heterocycles. The number of rotatable bonds is 9. The lowest BCUT2D eigenvalue weighted by Crippen LogP contribution is -2.60. The highest BCUT2D eigenvalue weighted by atomic mass is 32.2. The minimum Gasteiger partial charge on any atom is -0.322 e. The molecule has 4 aromatic rings. The van der Waals surface area contributed by atoms with Crippen molar-refractivity contribution in [2.24, 2.45) is 5.10 Å². The second-order valence-electron chi connectivity index (χ2n) is 10.2. The van der Waals surface area contributed by atoms with Gasteiger partial charge in [-0.05, 0) is 61.0 Å². The first-order chi connectivity index (χ1) is 21.6. The average Bonchev–Trinajstić information content (AvgIpc) is 3.08. The number of hydrazone groups is 1. The lowest BCUT2D eigenvalue weighted by molar-refractivity contribution is -0.125. The Kier molecular flexibility index (Phi) is 9.54. The Labute approximate surface area is 262 Å². The Morgan fingerprint density at radius 3 is 1.80 bits per heavy atom. The van der Waals surface area contributed by atoms with Gasteiger partial charge in [0, 0.05) is 30.9 Å². The number of hydrogen-bond acceptors (Lipinski definition) is 7. The van der Waals surface area contributed by atoms with Crippen molar-refractivity contribution in [3.05, 3.63) is 126 Å². The maximum atomic E-state index is 13.6. The minimum absolute atomic E-state index is 0.0127. The van der Waals surface area contributed by atoms with E-state index in [1.807, 2.05) is 6.07 Å². The van der Waals surface area contributed by atoms with Crippen LogP contribution in [0.2, 0.25) is 0 Å². The van der Waals surface area contributed by atoms with Crippen LogP contribution in [0.5, 0.6) is 0 Å². The molecule has 13 heteroatoms. The molecule has 1 aliphatic heterocycles. The van der Waals surface area contributed by atoms with Crippen molar-refractivity contribution >= 4 is 43.3 Å². The van der Waals surface area contributed by atoms with Crippen LogP contribution < -0.4 is 10.7 Å². The van der Waals surface area contributed by atoms with E-state index in [0.29, 0.717) is 22.5 Å². The van der Waals surface area contributed by atoms with E-state index >= 15 is 0 Å². The number of nitrogens with one attached hydrogen (secondary N) is 2. The largest absolute Gasteiger partial charge is 0.322 e. The van der Waals surface area contributed by atoms with Crippen LogP contribution in [-0.2, 0) is 24.8 Å². The Hall–Kier alpha value is -4.69. The summed E-state index contributed by atoms with van der Waals surface area (Å²) in [6.07, 6.45) is 0. The maximum Gasteiger partial charge on any atom is 0.259 e. The molecule has 4 aromatic carbocycles. The lowest BCUT2D eigenvalue weighted by Gasteiger charge is -2.38. The molecule has 0 spiro atoms. The van der Waals surface area contributed by atoms with Gasteiger partial charge in [-0.1, -0.05) is 66.7 Å². The fourth-order valence-electron chi connectivity index (χ4n) is 4.80. The van der Waals surface area contributed by atoms with Crippen LogP contribution in [0.15, 0.2) is 130 Å². The molecule has 11 nitrogen and oxygen atoms in total. The molecular formula is C32H31N5O6S2. The summed E-state index contributed by atoms with van der Waals surface area (Å²) in [7, 11) is -8.15. The second kappa shape index (κ2) is 13.5. The summed E-state index contributed by atoms with van der Waals surface area (Å²) < 4.78 is 56.1. The zero-order valence-corrected chi connectivity index (χ0v) is 25.9. The minimum atomic E-state index is -4.15. The van der Waals surface area contributed by atoms with Gasteiger partial charge in [0.1, 0.15) is 6.04 Å². The zero-order chi connectivity index (χ0) is 32.0. The van der Waals surface area contributed by atoms with Gasteiger partial charge >= 0.3 is 0 Å². The molecular weight excluding hydrogens is 615 g/mol. The van der Waals surface area contributed by atoms with Crippen LogP contribution in [0.4, 0.5) is 5.69 Å². The summed E-state index contributed by atoms with van der Waals surface area (Å²) >= 11 is 0. The van der Waals surface area contributed by atoms with Gasteiger partial charge in [-0.2, -0.15) is 13.7 Å². The molecule has 0 bridgehead atoms. The Balaban J connectivity index is 1.35. The molecule has 1 aliphatic rings. The van der Waals surface area contributed by atoms with E-state index in [4.69, 9.17) is 0 Å². The zero-order valence-electron chi connectivity index (χ0n) is 24.3. The fraction of sp³-hybridized carbons (Fsp3) is 0.156. The Bertz CT molecular complexity index is 1900. The van der Waals surface area contributed by atoms with Crippen LogP contribution in [-0.4, -0.2) is 68.6 Å². The Morgan fingerprint density at radius 2 is 1.22 bits per heavy atom. The predicted octanol–water partition coefficient (Wildman–Crippen LogP) is 3.54. The molecule has 0 saturated carbocycles. The molecule has 45 heavy (non-hydrogen) atoms. The SMILES string of the molecule is C/C(=N/NC(=O)[C@H]1CN(S(=O)(=O)c2ccccc2)CCN1S(=O)(=O)c1ccccc1)c1ccc(NC(=O)c2ccccc2)cc1. The van der Waals surface area contributed by atoms with Gasteiger partial charge in [0.05, 0.1) is 15.5 Å². The van der Waals surface area contributed by atoms with Crippen molar-refractivity contribution in [1.29, 1.82) is 0 Å². The fourth-order valence-corrected chi connectivity index (χ4v) is 7.85. The third kappa shape index (κ3) is 7.18. The third-order valence-electron chi connectivity index (χ3n) is 7.26. The molecule has 1 saturated heterocycles. The van der Waals surface area contributed by atoms with Gasteiger partial charge in [-0.25, -0.2) is 22.3 Å². The molecule has 0 aliphatic carbocycles. The number of carbonyl (C=O) groups is 2. The van der Waals surface area contributed by atoms with Crippen LogP contribution in [0, 0.1) is 0 Å². The second-order valence-corrected chi connectivity index (χ2v) is 14.0. The number of sulfonamides is 2. The van der Waals surface area contributed by atoms with Gasteiger partial charge in [0.25, 0.3) is 11.8 Å². The number of carbonyl (C=O) groups excluding carboxylic acids is 2. The standard InChI is InChI=1S/C32H31N5O6S2/c1-24(25-17-19-27(20-18-25)33-31(38)26-11-5-2-6-12-26)34-35-32(39)30-23-36(44(40,41)28-13-7-3-8-14-28)21-22-37(30)45(42,43)29-15-9-4-10-16-29/h2-20,30H,21-23H2,1H3,(H,33,38)(H,35,39)/b34-24-/t30-/m1/s1. The highest BCUT2D eigenvalue weighted by molar-refractivity contribution is 7.89. The van der Waals surface area contributed by atoms with Crippen LogP contribution >= 0.6 is 0 Å². The van der Waals surface area contributed by atoms with Gasteiger partial charge in [-0.3, -0.25) is 9.59 Å². The number of hydrogen-bond donors (Lipinski definition) is 2. The van der Waals surface area contributed by atoms with Gasteiger partial charge in [-0.15, -0.1) is 0 Å². The van der Waals surface area contributed by atoms with Crippen molar-refractivity contribution in [1.82, 2.24) is 14.0 Å². The smallest absolute Gasteiger partial charge is 0.259 e. The first kappa shape index (κ1) is 31.7. The van der Waals surface area contributed by atoms with E-state index in [1.54, 1.807) is 91.9 Å². The summed E-state index contributed by atoms with van der Waals surface area (Å²) in [4.78, 5) is 26.0. The normalized spacial score (nSPS) is 16.6. The molecule has 2 amide bonds. The monoisotopic (exact) mass is 645 g/mol. The number of piperazine rings is 1. The summed E-state index contributed by atoms with van der Waals surface area (Å²) in [5.41, 5.74) is 4.56. The van der Waals surface area contributed by atoms with Crippen molar-refractivity contribution in [2.45, 2.75) is 22.8 Å². The predicted molar refractivity (Wildman–Crippen MR) is 171 cm³/mol.